The Bertz CT molecular complexity index is 660. The van der Waals surface area contributed by atoms with Gasteiger partial charge in [-0.2, -0.15) is 0 Å². The molecule has 2 rings (SSSR count). The molecule has 0 aliphatic carbocycles. The zero-order chi connectivity index (χ0) is 16.5. The van der Waals surface area contributed by atoms with Gasteiger partial charge in [0, 0.05) is 35.3 Å². The van der Waals surface area contributed by atoms with Crippen LogP contribution in [0, 0.1) is 5.92 Å². The van der Waals surface area contributed by atoms with Crippen LogP contribution in [-0.4, -0.2) is 33.0 Å². The SMILES string of the molecule is O=C1CC(CS(=O)(=O)Cl)CN1c1ccc(OC(F)(F)F)cc1. The van der Waals surface area contributed by atoms with Crippen molar-refractivity contribution in [2.24, 2.45) is 5.92 Å². The fourth-order valence-electron chi connectivity index (χ4n) is 2.25. The van der Waals surface area contributed by atoms with Gasteiger partial charge in [-0.3, -0.25) is 4.79 Å². The van der Waals surface area contributed by atoms with Crippen molar-refractivity contribution in [3.8, 4) is 5.75 Å². The zero-order valence-corrected chi connectivity index (χ0v) is 12.6. The normalized spacial score (nSPS) is 19.5. The minimum absolute atomic E-state index is 0.0206. The molecule has 122 valence electrons. The second kappa shape index (κ2) is 5.96. The van der Waals surface area contributed by atoms with Crippen LogP contribution < -0.4 is 9.64 Å². The lowest BCUT2D eigenvalue weighted by Gasteiger charge is -2.17. The summed E-state index contributed by atoms with van der Waals surface area (Å²) in [7, 11) is 1.44. The van der Waals surface area contributed by atoms with Gasteiger partial charge < -0.3 is 9.64 Å². The summed E-state index contributed by atoms with van der Waals surface area (Å²) in [6.45, 7) is 0.143. The van der Waals surface area contributed by atoms with E-state index in [1.807, 2.05) is 0 Å². The van der Waals surface area contributed by atoms with Gasteiger partial charge in [0.15, 0.2) is 0 Å². The highest BCUT2D eigenvalue weighted by atomic mass is 35.7. The van der Waals surface area contributed by atoms with E-state index >= 15 is 0 Å². The van der Waals surface area contributed by atoms with E-state index in [-0.39, 0.29) is 24.6 Å². The molecule has 5 nitrogen and oxygen atoms in total. The first-order chi connectivity index (χ1) is 10.0. The molecular weight excluding hydrogens is 347 g/mol. The number of hydrogen-bond donors (Lipinski definition) is 0. The average Bonchev–Trinajstić information content (AvgIpc) is 2.66. The molecule has 1 saturated heterocycles. The van der Waals surface area contributed by atoms with Crippen LogP contribution in [0.3, 0.4) is 0 Å². The summed E-state index contributed by atoms with van der Waals surface area (Å²) in [5.41, 5.74) is 0.369. The van der Waals surface area contributed by atoms with Crippen molar-refractivity contribution in [3.63, 3.8) is 0 Å². The first-order valence-corrected chi connectivity index (χ1v) is 8.60. The van der Waals surface area contributed by atoms with Crippen LogP contribution in [0.1, 0.15) is 6.42 Å². The van der Waals surface area contributed by atoms with Crippen molar-refractivity contribution in [3.05, 3.63) is 24.3 Å². The Balaban J connectivity index is 2.07. The summed E-state index contributed by atoms with van der Waals surface area (Å²) in [6, 6.07) is 4.77. The van der Waals surface area contributed by atoms with Crippen LogP contribution >= 0.6 is 10.7 Å². The predicted octanol–water partition coefficient (Wildman–Crippen LogP) is 2.51. The van der Waals surface area contributed by atoms with Crippen LogP contribution in [0.2, 0.25) is 0 Å². The Morgan fingerprint density at radius 1 is 1.27 bits per heavy atom. The maximum Gasteiger partial charge on any atom is 0.573 e. The van der Waals surface area contributed by atoms with Gasteiger partial charge in [-0.15, -0.1) is 13.2 Å². The number of alkyl halides is 3. The highest BCUT2D eigenvalue weighted by Crippen LogP contribution is 2.29. The summed E-state index contributed by atoms with van der Waals surface area (Å²) in [5, 5.41) is 0. The molecule has 22 heavy (non-hydrogen) atoms. The van der Waals surface area contributed by atoms with E-state index in [1.54, 1.807) is 0 Å². The standard InChI is InChI=1S/C12H11ClF3NO4S/c13-22(19,20)7-8-5-11(18)17(6-8)9-1-3-10(4-2-9)21-12(14,15)16/h1-4,8H,5-7H2. The van der Waals surface area contributed by atoms with Crippen molar-refractivity contribution < 1.29 is 31.1 Å². The number of amides is 1. The third kappa shape index (κ3) is 4.77. The third-order valence-corrected chi connectivity index (χ3v) is 4.27. The van der Waals surface area contributed by atoms with E-state index in [1.165, 1.54) is 17.0 Å². The maximum absolute atomic E-state index is 12.1. The summed E-state index contributed by atoms with van der Waals surface area (Å²) in [4.78, 5) is 13.2. The Kier molecular flexibility index (Phi) is 4.57. The lowest BCUT2D eigenvalue weighted by Crippen LogP contribution is -2.25. The molecule has 0 radical (unpaired) electrons. The second-order valence-electron chi connectivity index (χ2n) is 4.82. The smallest absolute Gasteiger partial charge is 0.406 e. The molecule has 1 unspecified atom stereocenters. The summed E-state index contributed by atoms with van der Waals surface area (Å²) in [5.74, 6) is -1.48. The summed E-state index contributed by atoms with van der Waals surface area (Å²) < 4.78 is 62.0. The fraction of sp³-hybridized carbons (Fsp3) is 0.417. The minimum atomic E-state index is -4.79. The highest BCUT2D eigenvalue weighted by molar-refractivity contribution is 8.13. The number of anilines is 1. The van der Waals surface area contributed by atoms with Gasteiger partial charge in [-0.05, 0) is 24.3 Å². The van der Waals surface area contributed by atoms with Crippen molar-refractivity contribution >= 4 is 31.3 Å². The van der Waals surface area contributed by atoms with E-state index in [0.717, 1.165) is 12.1 Å². The molecule has 1 heterocycles. The lowest BCUT2D eigenvalue weighted by molar-refractivity contribution is -0.274. The summed E-state index contributed by atoms with van der Waals surface area (Å²) >= 11 is 0. The first kappa shape index (κ1) is 16.9. The lowest BCUT2D eigenvalue weighted by atomic mass is 10.1. The third-order valence-electron chi connectivity index (χ3n) is 3.02. The fourth-order valence-corrected chi connectivity index (χ4v) is 3.57. The van der Waals surface area contributed by atoms with Gasteiger partial charge in [-0.1, -0.05) is 0 Å². The Labute approximate surface area is 129 Å². The van der Waals surface area contributed by atoms with Gasteiger partial charge in [0.25, 0.3) is 0 Å². The maximum atomic E-state index is 12.1. The first-order valence-electron chi connectivity index (χ1n) is 6.12. The molecule has 1 fully saturated rings. The van der Waals surface area contributed by atoms with Gasteiger partial charge in [0.1, 0.15) is 5.75 Å². The Morgan fingerprint density at radius 2 is 1.86 bits per heavy atom. The topological polar surface area (TPSA) is 63.7 Å². The van der Waals surface area contributed by atoms with Gasteiger partial charge in [0.05, 0.1) is 5.75 Å². The number of rotatable bonds is 4. The molecule has 1 aliphatic rings. The highest BCUT2D eigenvalue weighted by Gasteiger charge is 2.34. The van der Waals surface area contributed by atoms with Crippen LogP contribution in [0.4, 0.5) is 18.9 Å². The molecule has 1 amide bonds. The molecule has 1 atom stereocenters. The molecule has 0 saturated carbocycles. The molecule has 0 bridgehead atoms. The number of hydrogen-bond acceptors (Lipinski definition) is 4. The minimum Gasteiger partial charge on any atom is -0.406 e. The Hall–Kier alpha value is -1.48. The molecular formula is C12H11ClF3NO4S. The molecule has 1 aromatic carbocycles. The van der Waals surface area contributed by atoms with Gasteiger partial charge in [-0.25, -0.2) is 8.42 Å². The number of carbonyl (C=O) groups is 1. The molecule has 1 aromatic rings. The van der Waals surface area contributed by atoms with Gasteiger partial charge >= 0.3 is 6.36 Å². The monoisotopic (exact) mass is 357 g/mol. The van der Waals surface area contributed by atoms with Crippen LogP contribution in [0.5, 0.6) is 5.75 Å². The van der Waals surface area contributed by atoms with Gasteiger partial charge in [0.2, 0.25) is 15.0 Å². The Morgan fingerprint density at radius 3 is 2.36 bits per heavy atom. The van der Waals surface area contributed by atoms with E-state index in [2.05, 4.69) is 4.74 Å². The molecule has 1 aliphatic heterocycles. The molecule has 0 spiro atoms. The van der Waals surface area contributed by atoms with Crippen LogP contribution in [-0.2, 0) is 13.8 Å². The predicted molar refractivity (Wildman–Crippen MR) is 73.2 cm³/mol. The number of halogens is 4. The van der Waals surface area contributed by atoms with Crippen molar-refractivity contribution in [1.29, 1.82) is 0 Å². The van der Waals surface area contributed by atoms with Crippen molar-refractivity contribution in [2.45, 2.75) is 12.8 Å². The van der Waals surface area contributed by atoms with E-state index in [9.17, 15) is 26.4 Å². The molecule has 0 aromatic heterocycles. The van der Waals surface area contributed by atoms with Crippen molar-refractivity contribution in [1.82, 2.24) is 0 Å². The van der Waals surface area contributed by atoms with E-state index < -0.39 is 27.1 Å². The number of ether oxygens (including phenoxy) is 1. The zero-order valence-electron chi connectivity index (χ0n) is 11.0. The largest absolute Gasteiger partial charge is 0.573 e. The van der Waals surface area contributed by atoms with Crippen molar-refractivity contribution in [2.75, 3.05) is 17.2 Å². The van der Waals surface area contributed by atoms with E-state index in [4.69, 9.17) is 10.7 Å². The summed E-state index contributed by atoms with van der Waals surface area (Å²) in [6.07, 6.45) is -4.77. The second-order valence-corrected chi connectivity index (χ2v) is 7.64. The molecule has 0 N–H and O–H groups in total. The number of nitrogens with zero attached hydrogens (tertiary/aromatic N) is 1. The quantitative estimate of drug-likeness (QED) is 0.777. The average molecular weight is 358 g/mol. The van der Waals surface area contributed by atoms with E-state index in [0.29, 0.717) is 5.69 Å². The van der Waals surface area contributed by atoms with Crippen LogP contribution in [0.25, 0.3) is 0 Å². The number of carbonyl (C=O) groups excluding carboxylic acids is 1. The molecule has 10 heteroatoms. The number of benzene rings is 1. The van der Waals surface area contributed by atoms with Crippen LogP contribution in [0.15, 0.2) is 24.3 Å².